The maximum atomic E-state index is 13.7. The third-order valence-corrected chi connectivity index (χ3v) is 8.07. The van der Waals surface area contributed by atoms with Crippen LogP contribution in [0.3, 0.4) is 0 Å². The number of carbonyl (C=O) groups excluding carboxylic acids is 1. The molecule has 1 atom stereocenters. The molecule has 1 unspecified atom stereocenters. The number of ether oxygens (including phenoxy) is 3. The Kier molecular flexibility index (Phi) is 9.48. The van der Waals surface area contributed by atoms with Crippen molar-refractivity contribution in [2.24, 2.45) is 0 Å². The Labute approximate surface area is 251 Å². The molecule has 8 nitrogen and oxygen atoms in total. The second-order valence-corrected chi connectivity index (χ2v) is 11.2. The first-order valence-corrected chi connectivity index (χ1v) is 15.1. The van der Waals surface area contributed by atoms with E-state index in [4.69, 9.17) is 24.3 Å². The fraction of sp³-hybridized carbons (Fsp3) is 0.303. The Morgan fingerprint density at radius 1 is 1.00 bits per heavy atom. The van der Waals surface area contributed by atoms with Crippen LogP contribution < -0.4 is 14.8 Å². The Bertz CT molecular complexity index is 1570. The summed E-state index contributed by atoms with van der Waals surface area (Å²) < 4.78 is 19.5. The molecule has 0 radical (unpaired) electrons. The van der Waals surface area contributed by atoms with Gasteiger partial charge in [-0.1, -0.05) is 85.8 Å². The van der Waals surface area contributed by atoms with Gasteiger partial charge in [0.25, 0.3) is 0 Å². The summed E-state index contributed by atoms with van der Waals surface area (Å²) in [4.78, 5) is 18.4. The van der Waals surface area contributed by atoms with Crippen LogP contribution in [0.15, 0.2) is 89.2 Å². The number of unbranched alkanes of at least 4 members (excludes halogenated alkanes) is 1. The number of aromatic nitrogens is 3. The molecule has 42 heavy (non-hydrogen) atoms. The molecule has 218 valence electrons. The molecule has 1 N–H and O–H groups in total. The molecule has 0 fully saturated rings. The molecule has 2 heterocycles. The number of aryl methyl sites for hydroxylation is 1. The van der Waals surface area contributed by atoms with Gasteiger partial charge in [0.15, 0.2) is 11.5 Å². The predicted molar refractivity (Wildman–Crippen MR) is 165 cm³/mol. The molecule has 5 rings (SSSR count). The van der Waals surface area contributed by atoms with Crippen LogP contribution in [0, 0.1) is 6.92 Å². The first-order valence-electron chi connectivity index (χ1n) is 14.1. The molecule has 0 saturated heterocycles. The summed E-state index contributed by atoms with van der Waals surface area (Å²) >= 11 is 1.61. The first kappa shape index (κ1) is 29.3. The van der Waals surface area contributed by atoms with E-state index in [0.717, 1.165) is 40.8 Å². The molecule has 1 aliphatic rings. The van der Waals surface area contributed by atoms with Gasteiger partial charge in [-0.2, -0.15) is 4.98 Å². The van der Waals surface area contributed by atoms with Crippen molar-refractivity contribution < 1.29 is 19.0 Å². The van der Waals surface area contributed by atoms with E-state index >= 15 is 0 Å². The number of benzene rings is 3. The SMILES string of the molecule is CCCCSc1nc2n(n1)C(c1ccc(OCc3ccccc3C)c(OC)c1)C(C(=O)OCc1ccccc1)=C(C)N2. The number of hydrogen-bond donors (Lipinski definition) is 1. The summed E-state index contributed by atoms with van der Waals surface area (Å²) in [6, 6.07) is 22.9. The second-order valence-electron chi connectivity index (χ2n) is 10.1. The largest absolute Gasteiger partial charge is 0.493 e. The quantitative estimate of drug-likeness (QED) is 0.107. The Morgan fingerprint density at radius 2 is 1.79 bits per heavy atom. The summed E-state index contributed by atoms with van der Waals surface area (Å²) in [6.07, 6.45) is 2.17. The van der Waals surface area contributed by atoms with Gasteiger partial charge in [-0.25, -0.2) is 9.48 Å². The average Bonchev–Trinajstić information content (AvgIpc) is 3.41. The molecule has 0 aliphatic carbocycles. The van der Waals surface area contributed by atoms with Gasteiger partial charge in [0, 0.05) is 11.4 Å². The van der Waals surface area contributed by atoms with Crippen molar-refractivity contribution in [2.45, 2.75) is 58.0 Å². The van der Waals surface area contributed by atoms with Crippen LogP contribution in [0.25, 0.3) is 0 Å². The lowest BCUT2D eigenvalue weighted by Crippen LogP contribution is -2.29. The minimum Gasteiger partial charge on any atom is -0.493 e. The fourth-order valence-electron chi connectivity index (χ4n) is 4.77. The fourth-order valence-corrected chi connectivity index (χ4v) is 5.69. The number of thioether (sulfide) groups is 1. The van der Waals surface area contributed by atoms with Crippen molar-refractivity contribution in [2.75, 3.05) is 18.2 Å². The summed E-state index contributed by atoms with van der Waals surface area (Å²) in [5, 5.41) is 8.76. The minimum absolute atomic E-state index is 0.167. The molecule has 0 bridgehead atoms. The molecule has 0 amide bonds. The van der Waals surface area contributed by atoms with Gasteiger partial charge >= 0.3 is 5.97 Å². The maximum Gasteiger partial charge on any atom is 0.338 e. The molecular weight excluding hydrogens is 548 g/mol. The number of methoxy groups -OCH3 is 1. The van der Waals surface area contributed by atoms with Gasteiger partial charge in [-0.05, 0) is 54.7 Å². The number of allylic oxidation sites excluding steroid dienone is 1. The molecular formula is C33H36N4O4S. The van der Waals surface area contributed by atoms with Gasteiger partial charge in [-0.15, -0.1) is 5.10 Å². The maximum absolute atomic E-state index is 13.7. The third-order valence-electron chi connectivity index (χ3n) is 7.14. The number of carbonyl (C=O) groups is 1. The van der Waals surface area contributed by atoms with E-state index in [1.165, 1.54) is 0 Å². The summed E-state index contributed by atoms with van der Waals surface area (Å²) in [6.45, 7) is 6.67. The van der Waals surface area contributed by atoms with Crippen molar-refractivity contribution in [1.29, 1.82) is 0 Å². The summed E-state index contributed by atoms with van der Waals surface area (Å²) in [5.74, 6) is 2.25. The van der Waals surface area contributed by atoms with Crippen molar-refractivity contribution in [1.82, 2.24) is 14.8 Å². The second kappa shape index (κ2) is 13.6. The normalized spacial score (nSPS) is 14.2. The van der Waals surface area contributed by atoms with Crippen LogP contribution in [-0.2, 0) is 22.7 Å². The monoisotopic (exact) mass is 584 g/mol. The van der Waals surface area contributed by atoms with Crippen molar-refractivity contribution in [3.63, 3.8) is 0 Å². The Morgan fingerprint density at radius 3 is 2.55 bits per heavy atom. The van der Waals surface area contributed by atoms with Crippen molar-refractivity contribution in [3.8, 4) is 11.5 Å². The number of hydrogen-bond acceptors (Lipinski definition) is 8. The van der Waals surface area contributed by atoms with Crippen LogP contribution >= 0.6 is 11.8 Å². The zero-order valence-corrected chi connectivity index (χ0v) is 25.2. The highest BCUT2D eigenvalue weighted by atomic mass is 32.2. The topological polar surface area (TPSA) is 87.5 Å². The summed E-state index contributed by atoms with van der Waals surface area (Å²) in [5.41, 5.74) is 5.11. The lowest BCUT2D eigenvalue weighted by atomic mass is 9.95. The number of nitrogens with zero attached hydrogens (tertiary/aromatic N) is 3. The van der Waals surface area contributed by atoms with E-state index in [0.29, 0.717) is 40.5 Å². The number of esters is 1. The van der Waals surface area contributed by atoms with E-state index in [1.807, 2.05) is 67.6 Å². The smallest absolute Gasteiger partial charge is 0.338 e. The van der Waals surface area contributed by atoms with Crippen molar-refractivity contribution in [3.05, 3.63) is 106 Å². The van der Waals surface area contributed by atoms with Gasteiger partial charge in [0.2, 0.25) is 11.1 Å². The van der Waals surface area contributed by atoms with Crippen LogP contribution in [-0.4, -0.2) is 33.6 Å². The van der Waals surface area contributed by atoms with Crippen molar-refractivity contribution >= 4 is 23.7 Å². The molecule has 1 aromatic heterocycles. The molecule has 3 aromatic carbocycles. The number of fused-ring (bicyclic) bond motifs is 1. The molecule has 1 aliphatic heterocycles. The third kappa shape index (κ3) is 6.62. The van der Waals surface area contributed by atoms with Crippen LogP contribution in [0.5, 0.6) is 11.5 Å². The van der Waals surface area contributed by atoms with Crippen LogP contribution in [0.2, 0.25) is 0 Å². The standard InChI is InChI=1S/C33H36N4O4S/c1-5-6-18-42-33-35-32-34-23(3)29(31(38)41-20-24-13-8-7-9-14-24)30(37(32)36-33)25-16-17-27(28(19-25)39-4)40-21-26-15-11-10-12-22(26)2/h7-17,19,30H,5-6,18,20-21H2,1-4H3,(H,34,35,36). The van der Waals surface area contributed by atoms with E-state index in [-0.39, 0.29) is 6.61 Å². The van der Waals surface area contributed by atoms with E-state index in [1.54, 1.807) is 23.6 Å². The molecule has 0 spiro atoms. The zero-order chi connectivity index (χ0) is 29.5. The number of nitrogens with one attached hydrogen (secondary N) is 1. The number of anilines is 1. The van der Waals surface area contributed by atoms with Crippen LogP contribution in [0.1, 0.15) is 55.0 Å². The van der Waals surface area contributed by atoms with Gasteiger partial charge in [0.1, 0.15) is 19.3 Å². The van der Waals surface area contributed by atoms with E-state index in [9.17, 15) is 4.79 Å². The lowest BCUT2D eigenvalue weighted by molar-refractivity contribution is -0.140. The lowest BCUT2D eigenvalue weighted by Gasteiger charge is -2.28. The molecule has 4 aromatic rings. The first-order chi connectivity index (χ1) is 20.5. The summed E-state index contributed by atoms with van der Waals surface area (Å²) in [7, 11) is 1.61. The highest BCUT2D eigenvalue weighted by Gasteiger charge is 2.36. The average molecular weight is 585 g/mol. The van der Waals surface area contributed by atoms with Crippen LogP contribution in [0.4, 0.5) is 5.95 Å². The predicted octanol–water partition coefficient (Wildman–Crippen LogP) is 7.10. The van der Waals surface area contributed by atoms with Gasteiger partial charge < -0.3 is 19.5 Å². The molecule has 9 heteroatoms. The van der Waals surface area contributed by atoms with Gasteiger partial charge in [-0.3, -0.25) is 0 Å². The molecule has 0 saturated carbocycles. The minimum atomic E-state index is -0.572. The Balaban J connectivity index is 1.47. The Hall–Kier alpha value is -4.24. The van der Waals surface area contributed by atoms with E-state index < -0.39 is 12.0 Å². The highest BCUT2D eigenvalue weighted by molar-refractivity contribution is 7.99. The highest BCUT2D eigenvalue weighted by Crippen LogP contribution is 2.40. The zero-order valence-electron chi connectivity index (χ0n) is 24.4. The van der Waals surface area contributed by atoms with Gasteiger partial charge in [0.05, 0.1) is 12.7 Å². The van der Waals surface area contributed by atoms with E-state index in [2.05, 4.69) is 31.3 Å². The number of rotatable bonds is 12.